The molecule has 0 aliphatic carbocycles. The molecular weight excluding hydrogens is 419 g/mol. The van der Waals surface area contributed by atoms with Crippen molar-refractivity contribution < 1.29 is 28.7 Å². The van der Waals surface area contributed by atoms with Gasteiger partial charge >= 0.3 is 0 Å². The number of nitrogens with one attached hydrogen (secondary N) is 2. The Kier molecular flexibility index (Phi) is 6.73. The molecule has 0 saturated carbocycles. The maximum absolute atomic E-state index is 13.5. The van der Waals surface area contributed by atoms with E-state index in [1.165, 1.54) is 31.2 Å². The van der Waals surface area contributed by atoms with Gasteiger partial charge in [-0.25, -0.2) is 4.39 Å². The molecule has 3 rings (SSSR count). The van der Waals surface area contributed by atoms with E-state index >= 15 is 0 Å². The number of hydrogen-bond acceptors (Lipinski definition) is 5. The monoisotopic (exact) mass is 444 g/mol. The highest BCUT2D eigenvalue weighted by Crippen LogP contribution is 2.25. The van der Waals surface area contributed by atoms with Crippen molar-refractivity contribution in [2.24, 2.45) is 5.73 Å². The first-order valence-corrected chi connectivity index (χ1v) is 10.2. The van der Waals surface area contributed by atoms with Gasteiger partial charge in [0, 0.05) is 17.9 Å². The zero-order valence-electron chi connectivity index (χ0n) is 17.8. The lowest BCUT2D eigenvalue weighted by atomic mass is 10.1. The summed E-state index contributed by atoms with van der Waals surface area (Å²) in [4.78, 5) is 49.6. The molecule has 170 valence electrons. The molecule has 2 unspecified atom stereocenters. The summed E-state index contributed by atoms with van der Waals surface area (Å²) in [5.41, 5.74) is 6.80. The van der Waals surface area contributed by atoms with E-state index in [1.807, 2.05) is 0 Å². The molecule has 10 heteroatoms. The van der Waals surface area contributed by atoms with Gasteiger partial charge in [0.2, 0.25) is 5.91 Å². The highest BCUT2D eigenvalue weighted by molar-refractivity contribution is 6.43. The van der Waals surface area contributed by atoms with Crippen molar-refractivity contribution in [1.82, 2.24) is 9.88 Å². The Morgan fingerprint density at radius 2 is 1.91 bits per heavy atom. The number of nitrogens with two attached hydrogens (primary N) is 1. The molecule has 0 fully saturated rings. The van der Waals surface area contributed by atoms with E-state index in [0.717, 1.165) is 12.8 Å². The molecule has 5 N–H and O–H groups in total. The number of benzene rings is 1. The number of hydrogen-bond donors (Lipinski definition) is 4. The zero-order valence-corrected chi connectivity index (χ0v) is 17.8. The number of aryl methyl sites for hydroxylation is 1. The van der Waals surface area contributed by atoms with Crippen LogP contribution in [-0.2, 0) is 22.6 Å². The summed E-state index contributed by atoms with van der Waals surface area (Å²) in [5, 5.41) is 14.5. The van der Waals surface area contributed by atoms with Crippen molar-refractivity contribution in [2.75, 3.05) is 5.32 Å². The maximum Gasteiger partial charge on any atom is 0.294 e. The predicted molar refractivity (Wildman–Crippen MR) is 114 cm³/mol. The van der Waals surface area contributed by atoms with E-state index in [9.17, 15) is 28.7 Å². The van der Waals surface area contributed by atoms with E-state index in [0.29, 0.717) is 29.9 Å². The topological polar surface area (TPSA) is 144 Å². The van der Waals surface area contributed by atoms with Gasteiger partial charge in [-0.2, -0.15) is 0 Å². The van der Waals surface area contributed by atoms with Gasteiger partial charge in [0.15, 0.2) is 0 Å². The van der Waals surface area contributed by atoms with Crippen LogP contribution in [0.1, 0.15) is 51.9 Å². The van der Waals surface area contributed by atoms with Crippen LogP contribution in [0.2, 0.25) is 0 Å². The smallest absolute Gasteiger partial charge is 0.294 e. The van der Waals surface area contributed by atoms with Gasteiger partial charge in [0.05, 0.1) is 17.4 Å². The summed E-state index contributed by atoms with van der Waals surface area (Å²) >= 11 is 0. The molecule has 0 radical (unpaired) electrons. The van der Waals surface area contributed by atoms with Crippen LogP contribution in [0.15, 0.2) is 24.3 Å². The third-order valence-corrected chi connectivity index (χ3v) is 5.43. The summed E-state index contributed by atoms with van der Waals surface area (Å²) in [5.74, 6) is -3.92. The van der Waals surface area contributed by atoms with Crippen molar-refractivity contribution in [3.05, 3.63) is 52.6 Å². The molecule has 0 saturated heterocycles. The number of carbonyl (C=O) groups is 4. The van der Waals surface area contributed by atoms with Crippen LogP contribution in [0.4, 0.5) is 10.1 Å². The maximum atomic E-state index is 13.5. The van der Waals surface area contributed by atoms with Crippen LogP contribution in [0.25, 0.3) is 0 Å². The molecular formula is C22H25FN4O5. The number of anilines is 1. The first-order chi connectivity index (χ1) is 15.1. The molecule has 32 heavy (non-hydrogen) atoms. The Morgan fingerprint density at radius 3 is 2.53 bits per heavy atom. The molecule has 1 aromatic heterocycles. The van der Waals surface area contributed by atoms with Crippen LogP contribution >= 0.6 is 0 Å². The number of ketones is 1. The van der Waals surface area contributed by atoms with E-state index in [1.54, 1.807) is 11.5 Å². The molecule has 2 heterocycles. The lowest BCUT2D eigenvalue weighted by Crippen LogP contribution is -2.52. The van der Waals surface area contributed by atoms with Gasteiger partial charge in [0.1, 0.15) is 11.9 Å². The Morgan fingerprint density at radius 1 is 1.19 bits per heavy atom. The van der Waals surface area contributed by atoms with Crippen LogP contribution < -0.4 is 16.4 Å². The molecule has 2 aromatic rings. The van der Waals surface area contributed by atoms with Crippen LogP contribution in [0.3, 0.4) is 0 Å². The molecule has 1 aromatic carbocycles. The van der Waals surface area contributed by atoms with Crippen LogP contribution in [-0.4, -0.2) is 45.3 Å². The number of halogens is 1. The summed E-state index contributed by atoms with van der Waals surface area (Å²) in [7, 11) is 0. The third kappa shape index (κ3) is 4.70. The quantitative estimate of drug-likeness (QED) is 0.373. The fourth-order valence-corrected chi connectivity index (χ4v) is 3.73. The lowest BCUT2D eigenvalue weighted by molar-refractivity contribution is -0.127. The molecule has 0 bridgehead atoms. The second-order valence-corrected chi connectivity index (χ2v) is 7.84. The van der Waals surface area contributed by atoms with E-state index in [4.69, 9.17) is 5.73 Å². The zero-order chi connectivity index (χ0) is 23.6. The van der Waals surface area contributed by atoms with Gasteiger partial charge < -0.3 is 26.0 Å². The summed E-state index contributed by atoms with van der Waals surface area (Å²) in [6, 6.07) is 4.09. The van der Waals surface area contributed by atoms with Crippen molar-refractivity contribution in [3.63, 3.8) is 0 Å². The van der Waals surface area contributed by atoms with Crippen molar-refractivity contribution in [1.29, 1.82) is 0 Å². The van der Waals surface area contributed by atoms with Crippen LogP contribution in [0.5, 0.6) is 0 Å². The number of nitrogens with zero attached hydrogens (tertiary/aromatic N) is 1. The largest absolute Gasteiger partial charge is 0.391 e. The molecule has 9 nitrogen and oxygen atoms in total. The highest BCUT2D eigenvalue weighted by atomic mass is 19.1. The van der Waals surface area contributed by atoms with Crippen molar-refractivity contribution >= 4 is 29.2 Å². The number of aliphatic hydroxyl groups is 1. The Labute approximate surface area is 183 Å². The first-order valence-electron chi connectivity index (χ1n) is 10.2. The number of Topliss-reactive ketones (excluding diaryl/α,β-unsaturated/α-hetero) is 1. The van der Waals surface area contributed by atoms with Gasteiger partial charge in [0.25, 0.3) is 17.6 Å². The highest BCUT2D eigenvalue weighted by Gasteiger charge is 2.31. The molecule has 1 aliphatic rings. The SMILES string of the molecule is Cc1cc(NC(=O)c2cc(C(=O)C(=O)NC(C(N)=O)C(C)O)n3c2CCCC3)ccc1F. The van der Waals surface area contributed by atoms with Gasteiger partial charge in [-0.15, -0.1) is 0 Å². The summed E-state index contributed by atoms with van der Waals surface area (Å²) in [6.07, 6.45) is 0.828. The number of primary amides is 1. The minimum atomic E-state index is -1.42. The first kappa shape index (κ1) is 23.1. The Hall–Kier alpha value is -3.53. The normalized spacial score (nSPS) is 14.8. The molecule has 0 spiro atoms. The van der Waals surface area contributed by atoms with Gasteiger partial charge in [-0.1, -0.05) is 0 Å². The summed E-state index contributed by atoms with van der Waals surface area (Å²) in [6.45, 7) is 3.29. The van der Waals surface area contributed by atoms with E-state index in [-0.39, 0.29) is 11.3 Å². The number of fused-ring (bicyclic) bond motifs is 1. The number of aromatic nitrogens is 1. The third-order valence-electron chi connectivity index (χ3n) is 5.43. The molecule has 3 amide bonds. The van der Waals surface area contributed by atoms with Crippen molar-refractivity contribution in [3.8, 4) is 0 Å². The predicted octanol–water partition coefficient (Wildman–Crippen LogP) is 1.06. The minimum Gasteiger partial charge on any atom is -0.391 e. The van der Waals surface area contributed by atoms with Gasteiger partial charge in [-0.05, 0) is 62.9 Å². The average Bonchev–Trinajstić information content (AvgIpc) is 3.13. The number of rotatable bonds is 7. The van der Waals surface area contributed by atoms with E-state index < -0.39 is 41.5 Å². The van der Waals surface area contributed by atoms with Crippen LogP contribution in [0, 0.1) is 12.7 Å². The standard InChI is InChI=1S/C22H25FN4O5/c1-11-9-13(6-7-15(11)23)25-21(31)14-10-17(27-8-4-3-5-16(14)27)19(29)22(32)26-18(12(2)28)20(24)30/h6-7,9-10,12,18,28H,3-5,8H2,1-2H3,(H2,24,30)(H,25,31)(H,26,32). The van der Waals surface area contributed by atoms with Gasteiger partial charge in [-0.3, -0.25) is 19.2 Å². The fraction of sp³-hybridized carbons (Fsp3) is 0.364. The van der Waals surface area contributed by atoms with E-state index in [2.05, 4.69) is 10.6 Å². The molecule has 2 atom stereocenters. The van der Waals surface area contributed by atoms with Crippen molar-refractivity contribution in [2.45, 2.75) is 51.8 Å². The second kappa shape index (κ2) is 9.31. The second-order valence-electron chi connectivity index (χ2n) is 7.84. The Balaban J connectivity index is 1.89. The minimum absolute atomic E-state index is 0.00597. The Bertz CT molecular complexity index is 1090. The lowest BCUT2D eigenvalue weighted by Gasteiger charge is -2.20. The number of carbonyl (C=O) groups excluding carboxylic acids is 4. The molecule has 1 aliphatic heterocycles. The summed E-state index contributed by atoms with van der Waals surface area (Å²) < 4.78 is 15.1. The number of amides is 3. The average molecular weight is 444 g/mol. The fourth-order valence-electron chi connectivity index (χ4n) is 3.73. The number of aliphatic hydroxyl groups excluding tert-OH is 1.